The highest BCUT2D eigenvalue weighted by atomic mass is 16.5. The van der Waals surface area contributed by atoms with Gasteiger partial charge in [0.1, 0.15) is 0 Å². The molecule has 0 unspecified atom stereocenters. The van der Waals surface area contributed by atoms with E-state index in [2.05, 4.69) is 9.97 Å². The molecule has 1 fully saturated rings. The second-order valence-corrected chi connectivity index (χ2v) is 3.76. The molecule has 0 aliphatic carbocycles. The van der Waals surface area contributed by atoms with E-state index in [1.165, 1.54) is 0 Å². The molecule has 0 spiro atoms. The van der Waals surface area contributed by atoms with E-state index >= 15 is 0 Å². The van der Waals surface area contributed by atoms with Crippen LogP contribution in [0.25, 0.3) is 0 Å². The van der Waals surface area contributed by atoms with E-state index in [-0.39, 0.29) is 5.78 Å². The van der Waals surface area contributed by atoms with Crippen LogP contribution in [0.4, 0.5) is 0 Å². The van der Waals surface area contributed by atoms with Crippen LogP contribution in [0.15, 0.2) is 18.5 Å². The number of carbonyl (C=O) groups is 1. The summed E-state index contributed by atoms with van der Waals surface area (Å²) in [6.45, 7) is 1.54. The summed E-state index contributed by atoms with van der Waals surface area (Å²) in [5.41, 5.74) is 0. The third-order valence-corrected chi connectivity index (χ3v) is 2.63. The molecule has 80 valence electrons. The topological polar surface area (TPSA) is 52.1 Å². The zero-order chi connectivity index (χ0) is 10.5. The van der Waals surface area contributed by atoms with Crippen molar-refractivity contribution in [3.8, 4) is 0 Å². The molecule has 0 amide bonds. The lowest BCUT2D eigenvalue weighted by molar-refractivity contribution is 0.0598. The van der Waals surface area contributed by atoms with E-state index in [9.17, 15) is 4.79 Å². The molecule has 1 aromatic rings. The van der Waals surface area contributed by atoms with Crippen molar-refractivity contribution in [2.75, 3.05) is 13.2 Å². The van der Waals surface area contributed by atoms with E-state index in [1.54, 1.807) is 18.5 Å². The van der Waals surface area contributed by atoms with Gasteiger partial charge in [-0.1, -0.05) is 0 Å². The van der Waals surface area contributed by atoms with Crippen molar-refractivity contribution in [2.45, 2.75) is 19.3 Å². The predicted octanol–water partition coefficient (Wildman–Crippen LogP) is 1.48. The lowest BCUT2D eigenvalue weighted by atomic mass is 9.94. The highest BCUT2D eigenvalue weighted by molar-refractivity contribution is 5.92. The highest BCUT2D eigenvalue weighted by Crippen LogP contribution is 2.19. The minimum atomic E-state index is 0.0440. The smallest absolute Gasteiger partial charge is 0.200 e. The van der Waals surface area contributed by atoms with Gasteiger partial charge in [0.2, 0.25) is 0 Å². The number of ketones is 1. The third-order valence-electron chi connectivity index (χ3n) is 2.63. The summed E-state index contributed by atoms with van der Waals surface area (Å²) in [5, 5.41) is 0. The van der Waals surface area contributed by atoms with Crippen molar-refractivity contribution in [1.29, 1.82) is 0 Å². The molecule has 1 aliphatic rings. The fourth-order valence-electron chi connectivity index (χ4n) is 1.75. The molecule has 2 heterocycles. The molecule has 4 heteroatoms. The summed E-state index contributed by atoms with van der Waals surface area (Å²) in [6.07, 6.45) is 5.69. The number of ether oxygens (including phenoxy) is 1. The molecule has 2 rings (SSSR count). The van der Waals surface area contributed by atoms with Crippen molar-refractivity contribution < 1.29 is 9.53 Å². The number of Topliss-reactive ketones (excluding diaryl/α,β-unsaturated/α-hetero) is 1. The second-order valence-electron chi connectivity index (χ2n) is 3.76. The number of carbonyl (C=O) groups excluding carboxylic acids is 1. The van der Waals surface area contributed by atoms with Crippen LogP contribution in [0.5, 0.6) is 0 Å². The minimum Gasteiger partial charge on any atom is -0.381 e. The first kappa shape index (κ1) is 10.2. The Morgan fingerprint density at radius 3 is 2.67 bits per heavy atom. The summed E-state index contributed by atoms with van der Waals surface area (Å²) in [4.78, 5) is 19.7. The Bertz CT molecular complexity index is 321. The quantitative estimate of drug-likeness (QED) is 0.703. The summed E-state index contributed by atoms with van der Waals surface area (Å²) in [6, 6.07) is 1.71. The fourth-order valence-corrected chi connectivity index (χ4v) is 1.75. The Morgan fingerprint density at radius 2 is 2.00 bits per heavy atom. The van der Waals surface area contributed by atoms with Gasteiger partial charge < -0.3 is 4.74 Å². The van der Waals surface area contributed by atoms with Gasteiger partial charge in [-0.3, -0.25) is 4.79 Å². The molecule has 4 nitrogen and oxygen atoms in total. The predicted molar refractivity (Wildman–Crippen MR) is 54.5 cm³/mol. The summed E-state index contributed by atoms with van der Waals surface area (Å²) >= 11 is 0. The molecule has 0 radical (unpaired) electrons. The number of hydrogen-bond acceptors (Lipinski definition) is 4. The van der Waals surface area contributed by atoms with Gasteiger partial charge in [0.05, 0.1) is 0 Å². The first-order valence-corrected chi connectivity index (χ1v) is 5.24. The van der Waals surface area contributed by atoms with Crippen LogP contribution >= 0.6 is 0 Å². The Hall–Kier alpha value is -1.29. The van der Waals surface area contributed by atoms with Gasteiger partial charge in [0, 0.05) is 32.0 Å². The summed E-state index contributed by atoms with van der Waals surface area (Å²) in [7, 11) is 0. The molecular formula is C11H14N2O2. The van der Waals surface area contributed by atoms with Crippen molar-refractivity contribution in [3.63, 3.8) is 0 Å². The number of aromatic nitrogens is 2. The molecule has 0 N–H and O–H groups in total. The highest BCUT2D eigenvalue weighted by Gasteiger charge is 2.19. The Morgan fingerprint density at radius 1 is 1.33 bits per heavy atom. The van der Waals surface area contributed by atoms with Crippen molar-refractivity contribution in [3.05, 3.63) is 24.3 Å². The zero-order valence-electron chi connectivity index (χ0n) is 8.56. The molecule has 0 atom stereocenters. The molecule has 0 saturated carbocycles. The second kappa shape index (κ2) is 4.98. The van der Waals surface area contributed by atoms with Crippen molar-refractivity contribution >= 4 is 5.78 Å². The van der Waals surface area contributed by atoms with E-state index in [0.29, 0.717) is 18.2 Å². The maximum Gasteiger partial charge on any atom is 0.200 e. The maximum atomic E-state index is 11.7. The van der Waals surface area contributed by atoms with E-state index in [0.717, 1.165) is 26.1 Å². The molecule has 0 aromatic carbocycles. The van der Waals surface area contributed by atoms with Gasteiger partial charge in [-0.05, 0) is 24.8 Å². The van der Waals surface area contributed by atoms with Gasteiger partial charge >= 0.3 is 0 Å². The van der Waals surface area contributed by atoms with Crippen molar-refractivity contribution in [2.24, 2.45) is 5.92 Å². The number of rotatable bonds is 3. The first-order chi connectivity index (χ1) is 7.36. The molecular weight excluding hydrogens is 192 g/mol. The van der Waals surface area contributed by atoms with Crippen LogP contribution in [0, 0.1) is 5.92 Å². The summed E-state index contributed by atoms with van der Waals surface area (Å²) in [5.74, 6) is 0.821. The monoisotopic (exact) mass is 206 g/mol. The normalized spacial score (nSPS) is 17.6. The zero-order valence-corrected chi connectivity index (χ0v) is 8.56. The van der Waals surface area contributed by atoms with Gasteiger partial charge in [-0.2, -0.15) is 0 Å². The minimum absolute atomic E-state index is 0.0440. The molecule has 1 aliphatic heterocycles. The molecule has 15 heavy (non-hydrogen) atoms. The van der Waals surface area contributed by atoms with Crippen LogP contribution in [0.2, 0.25) is 0 Å². The average Bonchev–Trinajstić information content (AvgIpc) is 2.31. The lowest BCUT2D eigenvalue weighted by Crippen LogP contribution is -2.19. The maximum absolute atomic E-state index is 11.7. The summed E-state index contributed by atoms with van der Waals surface area (Å²) < 4.78 is 5.24. The number of nitrogens with zero attached hydrogens (tertiary/aromatic N) is 2. The number of hydrogen-bond donors (Lipinski definition) is 0. The van der Waals surface area contributed by atoms with Crippen LogP contribution < -0.4 is 0 Å². The lowest BCUT2D eigenvalue weighted by Gasteiger charge is -2.20. The first-order valence-electron chi connectivity index (χ1n) is 5.24. The standard InChI is InChI=1S/C11H14N2O2/c14-10(11-12-4-1-5-13-11)8-9-2-6-15-7-3-9/h1,4-5,9H,2-3,6-8H2. The van der Waals surface area contributed by atoms with Crippen LogP contribution in [0.1, 0.15) is 29.9 Å². The molecule has 1 saturated heterocycles. The third kappa shape index (κ3) is 2.83. The Labute approximate surface area is 88.7 Å². The van der Waals surface area contributed by atoms with Crippen LogP contribution in [-0.2, 0) is 4.74 Å². The SMILES string of the molecule is O=C(CC1CCOCC1)c1ncccn1. The largest absolute Gasteiger partial charge is 0.381 e. The van der Waals surface area contributed by atoms with Gasteiger partial charge in [0.15, 0.2) is 11.6 Å². The van der Waals surface area contributed by atoms with Crippen molar-refractivity contribution in [1.82, 2.24) is 9.97 Å². The van der Waals surface area contributed by atoms with Crippen LogP contribution in [0.3, 0.4) is 0 Å². The van der Waals surface area contributed by atoms with Gasteiger partial charge in [-0.25, -0.2) is 9.97 Å². The van der Waals surface area contributed by atoms with Gasteiger partial charge in [0.25, 0.3) is 0 Å². The average molecular weight is 206 g/mol. The molecule has 1 aromatic heterocycles. The fraction of sp³-hybridized carbons (Fsp3) is 0.545. The van der Waals surface area contributed by atoms with Gasteiger partial charge in [-0.15, -0.1) is 0 Å². The van der Waals surface area contributed by atoms with E-state index in [1.807, 2.05) is 0 Å². The Balaban J connectivity index is 1.91. The van der Waals surface area contributed by atoms with Crippen LogP contribution in [-0.4, -0.2) is 29.0 Å². The Kier molecular flexibility index (Phi) is 3.40. The molecule has 0 bridgehead atoms. The van der Waals surface area contributed by atoms with E-state index in [4.69, 9.17) is 4.74 Å². The van der Waals surface area contributed by atoms with E-state index < -0.39 is 0 Å².